The molecule has 0 aliphatic carbocycles. The first kappa shape index (κ1) is 17.7. The van der Waals surface area contributed by atoms with E-state index in [1.165, 1.54) is 11.4 Å². The zero-order valence-electron chi connectivity index (χ0n) is 14.7. The highest BCUT2D eigenvalue weighted by atomic mass is 19.3. The summed E-state index contributed by atoms with van der Waals surface area (Å²) < 4.78 is 38.6. The Bertz CT molecular complexity index is 892. The molecule has 0 radical (unpaired) electrons. The Morgan fingerprint density at radius 2 is 2.19 bits per heavy atom. The maximum Gasteiger partial charge on any atom is 0.274 e. The van der Waals surface area contributed by atoms with Crippen molar-refractivity contribution in [1.82, 2.24) is 24.8 Å². The summed E-state index contributed by atoms with van der Waals surface area (Å²) in [5.41, 5.74) is 1.71. The molecule has 0 saturated carbocycles. The van der Waals surface area contributed by atoms with Crippen LogP contribution in [0.15, 0.2) is 24.7 Å². The van der Waals surface area contributed by atoms with E-state index in [0.717, 1.165) is 18.4 Å². The average Bonchev–Trinajstić information content (AvgIpc) is 3.32. The topological polar surface area (TPSA) is 89.4 Å². The Morgan fingerprint density at radius 1 is 1.37 bits per heavy atom. The molecular weight excluding hydrogens is 358 g/mol. The first-order valence-electron chi connectivity index (χ1n) is 8.79. The Balaban J connectivity index is 1.72. The molecule has 1 aliphatic rings. The van der Waals surface area contributed by atoms with Gasteiger partial charge in [-0.25, -0.2) is 13.3 Å². The zero-order chi connectivity index (χ0) is 18.8. The molecule has 10 heteroatoms. The normalized spacial score (nSPS) is 16.7. The van der Waals surface area contributed by atoms with Crippen molar-refractivity contribution in [3.8, 4) is 16.9 Å². The molecule has 4 rings (SSSR count). The second-order valence-corrected chi connectivity index (χ2v) is 6.44. The van der Waals surface area contributed by atoms with Gasteiger partial charge in [-0.2, -0.15) is 10.1 Å². The number of aromatic amines is 1. The van der Waals surface area contributed by atoms with E-state index in [9.17, 15) is 8.78 Å². The number of hydrogen-bond donors (Lipinski definition) is 2. The van der Waals surface area contributed by atoms with Crippen molar-refractivity contribution >= 4 is 11.6 Å². The summed E-state index contributed by atoms with van der Waals surface area (Å²) in [5, 5.41) is 14.3. The molecule has 0 unspecified atom stereocenters. The second-order valence-electron chi connectivity index (χ2n) is 6.44. The highest BCUT2D eigenvalue weighted by Crippen LogP contribution is 2.34. The van der Waals surface area contributed by atoms with Crippen LogP contribution in [0.5, 0.6) is 5.75 Å². The Kier molecular flexibility index (Phi) is 4.88. The van der Waals surface area contributed by atoms with Crippen LogP contribution in [0, 0.1) is 0 Å². The molecule has 3 aromatic rings. The van der Waals surface area contributed by atoms with E-state index in [0.29, 0.717) is 30.4 Å². The van der Waals surface area contributed by atoms with Crippen LogP contribution in [-0.4, -0.2) is 56.6 Å². The number of halogens is 2. The van der Waals surface area contributed by atoms with Gasteiger partial charge in [-0.1, -0.05) is 0 Å². The van der Waals surface area contributed by atoms with Crippen LogP contribution < -0.4 is 10.1 Å². The predicted molar refractivity (Wildman–Crippen MR) is 94.1 cm³/mol. The quantitative estimate of drug-likeness (QED) is 0.686. The molecular formula is C17H20F2N6O2. The van der Waals surface area contributed by atoms with Crippen molar-refractivity contribution in [2.75, 3.05) is 18.5 Å². The first-order chi connectivity index (χ1) is 13.1. The first-order valence-corrected chi connectivity index (χ1v) is 8.79. The van der Waals surface area contributed by atoms with Crippen molar-refractivity contribution in [3.63, 3.8) is 0 Å². The van der Waals surface area contributed by atoms with Gasteiger partial charge in [0.05, 0.1) is 6.20 Å². The Labute approximate surface area is 153 Å². The summed E-state index contributed by atoms with van der Waals surface area (Å²) in [6.45, 7) is 2.71. The molecule has 8 nitrogen and oxygen atoms in total. The Hall–Kier alpha value is -2.75. The van der Waals surface area contributed by atoms with E-state index in [4.69, 9.17) is 9.47 Å². The number of aromatic nitrogens is 5. The summed E-state index contributed by atoms with van der Waals surface area (Å²) in [6, 6.07) is 1.96. The number of hydrogen-bond acceptors (Lipinski definition) is 6. The fourth-order valence-electron chi connectivity index (χ4n) is 2.99. The summed E-state index contributed by atoms with van der Waals surface area (Å²) >= 11 is 0. The molecule has 0 amide bonds. The number of fused-ring (bicyclic) bond motifs is 1. The maximum absolute atomic E-state index is 13.1. The van der Waals surface area contributed by atoms with Gasteiger partial charge in [-0.05, 0) is 25.8 Å². The predicted octanol–water partition coefficient (Wildman–Crippen LogP) is 2.74. The molecule has 0 spiro atoms. The maximum atomic E-state index is 13.1. The number of alkyl halides is 2. The van der Waals surface area contributed by atoms with Crippen molar-refractivity contribution in [2.24, 2.45) is 0 Å². The summed E-state index contributed by atoms with van der Waals surface area (Å²) in [4.78, 5) is 4.49. The fourth-order valence-corrected chi connectivity index (χ4v) is 2.99. The van der Waals surface area contributed by atoms with Crippen molar-refractivity contribution in [3.05, 3.63) is 24.7 Å². The molecule has 1 fully saturated rings. The summed E-state index contributed by atoms with van der Waals surface area (Å²) in [5.74, 6) is 0.681. The SMILES string of the molecule is C[C@H](Oc1c(-c2cn[nH]c2)ccn2nc(NC3CCOCC3)nc12)C(F)F. The summed E-state index contributed by atoms with van der Waals surface area (Å²) in [7, 11) is 0. The molecule has 0 bridgehead atoms. The van der Waals surface area contributed by atoms with Crippen LogP contribution in [0.3, 0.4) is 0 Å². The molecule has 144 valence electrons. The zero-order valence-corrected chi connectivity index (χ0v) is 14.7. The van der Waals surface area contributed by atoms with Crippen LogP contribution in [0.2, 0.25) is 0 Å². The number of rotatable bonds is 6. The largest absolute Gasteiger partial charge is 0.480 e. The monoisotopic (exact) mass is 378 g/mol. The molecule has 27 heavy (non-hydrogen) atoms. The minimum Gasteiger partial charge on any atom is -0.480 e. The van der Waals surface area contributed by atoms with Gasteiger partial charge >= 0.3 is 0 Å². The number of H-pyrrole nitrogens is 1. The van der Waals surface area contributed by atoms with Crippen molar-refractivity contribution in [1.29, 1.82) is 0 Å². The third kappa shape index (κ3) is 3.70. The lowest BCUT2D eigenvalue weighted by Gasteiger charge is -2.22. The van der Waals surface area contributed by atoms with Gasteiger partial charge < -0.3 is 14.8 Å². The smallest absolute Gasteiger partial charge is 0.274 e. The third-order valence-electron chi connectivity index (χ3n) is 4.48. The van der Waals surface area contributed by atoms with Crippen molar-refractivity contribution in [2.45, 2.75) is 38.3 Å². The number of nitrogens with one attached hydrogen (secondary N) is 2. The molecule has 2 N–H and O–H groups in total. The standard InChI is InChI=1S/C17H20F2N6O2/c1-10(15(18)19)27-14-13(11-8-20-21-9-11)2-5-25-16(14)23-17(24-25)22-12-3-6-26-7-4-12/h2,5,8-10,12,15H,3-4,6-7H2,1H3,(H,20,21)(H,22,24)/t10-/m0/s1. The highest BCUT2D eigenvalue weighted by Gasteiger charge is 2.23. The van der Waals surface area contributed by atoms with Crippen LogP contribution >= 0.6 is 0 Å². The van der Waals surface area contributed by atoms with Crippen LogP contribution in [0.4, 0.5) is 14.7 Å². The second kappa shape index (κ2) is 7.47. The van der Waals surface area contributed by atoms with Gasteiger partial charge in [0.2, 0.25) is 5.95 Å². The van der Waals surface area contributed by atoms with E-state index >= 15 is 0 Å². The van der Waals surface area contributed by atoms with Crippen LogP contribution in [0.1, 0.15) is 19.8 Å². The van der Waals surface area contributed by atoms with E-state index in [1.54, 1.807) is 24.7 Å². The van der Waals surface area contributed by atoms with Gasteiger partial charge in [0.25, 0.3) is 6.43 Å². The molecule has 1 saturated heterocycles. The lowest BCUT2D eigenvalue weighted by atomic mass is 10.1. The molecule has 1 atom stereocenters. The molecule has 1 aliphatic heterocycles. The Morgan fingerprint density at radius 3 is 2.89 bits per heavy atom. The van der Waals surface area contributed by atoms with Gasteiger partial charge in [0.15, 0.2) is 17.5 Å². The number of ether oxygens (including phenoxy) is 2. The van der Waals surface area contributed by atoms with Crippen LogP contribution in [0.25, 0.3) is 16.8 Å². The van der Waals surface area contributed by atoms with E-state index in [1.807, 2.05) is 0 Å². The highest BCUT2D eigenvalue weighted by molar-refractivity contribution is 5.77. The van der Waals surface area contributed by atoms with Gasteiger partial charge in [-0.3, -0.25) is 5.10 Å². The molecule has 3 aromatic heterocycles. The van der Waals surface area contributed by atoms with Gasteiger partial charge in [-0.15, -0.1) is 5.10 Å². The number of anilines is 1. The molecule has 4 heterocycles. The van der Waals surface area contributed by atoms with Crippen molar-refractivity contribution < 1.29 is 18.3 Å². The van der Waals surface area contributed by atoms with Gasteiger partial charge in [0, 0.05) is 42.8 Å². The van der Waals surface area contributed by atoms with E-state index in [2.05, 4.69) is 25.6 Å². The van der Waals surface area contributed by atoms with E-state index in [-0.39, 0.29) is 11.8 Å². The number of pyridine rings is 1. The van der Waals surface area contributed by atoms with Gasteiger partial charge in [0.1, 0.15) is 0 Å². The minimum absolute atomic E-state index is 0.217. The lowest BCUT2D eigenvalue weighted by molar-refractivity contribution is 0.0234. The third-order valence-corrected chi connectivity index (χ3v) is 4.48. The van der Waals surface area contributed by atoms with E-state index < -0.39 is 12.5 Å². The van der Waals surface area contributed by atoms with Crippen LogP contribution in [-0.2, 0) is 4.74 Å². The number of nitrogens with zero attached hydrogens (tertiary/aromatic N) is 4. The average molecular weight is 378 g/mol. The molecule has 0 aromatic carbocycles. The minimum atomic E-state index is -2.62. The fraction of sp³-hybridized carbons (Fsp3) is 0.471. The lowest BCUT2D eigenvalue weighted by Crippen LogP contribution is -2.28. The summed E-state index contributed by atoms with van der Waals surface area (Å²) in [6.07, 6.45) is 2.81.